The van der Waals surface area contributed by atoms with Crippen LogP contribution in [-0.2, 0) is 14.1 Å². The van der Waals surface area contributed by atoms with E-state index in [2.05, 4.69) is 10.3 Å². The van der Waals surface area contributed by atoms with Gasteiger partial charge in [0.2, 0.25) is 5.91 Å². The SMILES string of the molecule is CCCCOC(=O)N1CCN(C(=O)[C@H](CP(=O)(O)O)NC(=O)c2cc(C)cc(-c3ccccc3)n2)CC1. The summed E-state index contributed by atoms with van der Waals surface area (Å²) in [6.45, 7) is 4.84. The number of pyridine rings is 1. The number of aromatic nitrogens is 1. The summed E-state index contributed by atoms with van der Waals surface area (Å²) in [4.78, 5) is 64.8. The molecule has 0 unspecified atom stereocenters. The molecule has 1 aromatic heterocycles. The molecule has 0 saturated carbocycles. The number of amides is 3. The van der Waals surface area contributed by atoms with E-state index in [9.17, 15) is 28.7 Å². The number of hydrogen-bond acceptors (Lipinski definition) is 6. The lowest BCUT2D eigenvalue weighted by atomic mass is 10.1. The molecule has 0 radical (unpaired) electrons. The van der Waals surface area contributed by atoms with Gasteiger partial charge in [-0.25, -0.2) is 9.78 Å². The predicted octanol–water partition coefficient (Wildman–Crippen LogP) is 2.41. The van der Waals surface area contributed by atoms with Crippen LogP contribution in [0.5, 0.6) is 0 Å². The van der Waals surface area contributed by atoms with Crippen molar-refractivity contribution >= 4 is 25.5 Å². The summed E-state index contributed by atoms with van der Waals surface area (Å²) in [5, 5.41) is 2.47. The number of benzene rings is 1. The summed E-state index contributed by atoms with van der Waals surface area (Å²) in [6, 6.07) is 11.2. The minimum Gasteiger partial charge on any atom is -0.449 e. The van der Waals surface area contributed by atoms with Crippen LogP contribution < -0.4 is 5.32 Å². The molecule has 2 aromatic rings. The Morgan fingerprint density at radius 2 is 1.73 bits per heavy atom. The molecule has 3 N–H and O–H groups in total. The van der Waals surface area contributed by atoms with E-state index in [1.807, 2.05) is 43.3 Å². The number of ether oxygens (including phenoxy) is 1. The van der Waals surface area contributed by atoms with Crippen molar-refractivity contribution in [1.82, 2.24) is 20.1 Å². The van der Waals surface area contributed by atoms with Crippen molar-refractivity contribution in [3.05, 3.63) is 53.7 Å². The average Bonchev–Trinajstić information content (AvgIpc) is 2.87. The van der Waals surface area contributed by atoms with Crippen LogP contribution in [0.1, 0.15) is 35.8 Å². The maximum Gasteiger partial charge on any atom is 0.409 e. The largest absolute Gasteiger partial charge is 0.449 e. The lowest BCUT2D eigenvalue weighted by molar-refractivity contribution is -0.134. The fourth-order valence-electron chi connectivity index (χ4n) is 3.92. The fraction of sp³-hybridized carbons (Fsp3) is 0.440. The molecule has 0 aliphatic carbocycles. The van der Waals surface area contributed by atoms with Crippen LogP contribution in [0.15, 0.2) is 42.5 Å². The van der Waals surface area contributed by atoms with Crippen molar-refractivity contribution in [2.24, 2.45) is 0 Å². The van der Waals surface area contributed by atoms with Crippen LogP contribution in [0.4, 0.5) is 4.79 Å². The van der Waals surface area contributed by atoms with E-state index >= 15 is 0 Å². The highest BCUT2D eigenvalue weighted by atomic mass is 31.2. The number of aryl methyl sites for hydroxylation is 1. The topological polar surface area (TPSA) is 149 Å². The number of unbranched alkanes of at least 4 members (excludes halogenated alkanes) is 1. The maximum atomic E-state index is 13.2. The van der Waals surface area contributed by atoms with Gasteiger partial charge < -0.3 is 29.6 Å². The van der Waals surface area contributed by atoms with Gasteiger partial charge in [0, 0.05) is 31.7 Å². The quantitative estimate of drug-likeness (QED) is 0.329. The third-order valence-corrected chi connectivity index (χ3v) is 6.71. The molecule has 0 spiro atoms. The smallest absolute Gasteiger partial charge is 0.409 e. The first-order chi connectivity index (χ1) is 17.6. The Hall–Kier alpha value is -3.27. The average molecular weight is 533 g/mol. The monoisotopic (exact) mass is 532 g/mol. The Labute approximate surface area is 216 Å². The van der Waals surface area contributed by atoms with Crippen molar-refractivity contribution in [2.75, 3.05) is 38.9 Å². The van der Waals surface area contributed by atoms with Gasteiger partial charge >= 0.3 is 13.7 Å². The zero-order valence-electron chi connectivity index (χ0n) is 21.0. The van der Waals surface area contributed by atoms with E-state index in [0.29, 0.717) is 12.3 Å². The van der Waals surface area contributed by atoms with E-state index in [1.165, 1.54) is 9.80 Å². The van der Waals surface area contributed by atoms with Gasteiger partial charge in [-0.05, 0) is 31.0 Å². The molecular formula is C25H33N4O7P. The van der Waals surface area contributed by atoms with E-state index in [1.54, 1.807) is 13.0 Å². The van der Waals surface area contributed by atoms with Crippen LogP contribution in [0, 0.1) is 6.92 Å². The summed E-state index contributed by atoms with van der Waals surface area (Å²) in [6.07, 6.45) is 0.346. The molecule has 37 heavy (non-hydrogen) atoms. The first-order valence-corrected chi connectivity index (χ1v) is 14.0. The molecular weight excluding hydrogens is 499 g/mol. The zero-order chi connectivity index (χ0) is 27.0. The van der Waals surface area contributed by atoms with Crippen LogP contribution in [0.3, 0.4) is 0 Å². The molecule has 11 nitrogen and oxygen atoms in total. The van der Waals surface area contributed by atoms with Gasteiger partial charge in [0.25, 0.3) is 5.91 Å². The molecule has 1 fully saturated rings. The molecule has 0 bridgehead atoms. The number of hydrogen-bond donors (Lipinski definition) is 3. The summed E-state index contributed by atoms with van der Waals surface area (Å²) in [5.74, 6) is -1.35. The third kappa shape index (κ3) is 8.38. The van der Waals surface area contributed by atoms with Crippen LogP contribution >= 0.6 is 7.60 Å². The lowest BCUT2D eigenvalue weighted by Gasteiger charge is -2.36. The first-order valence-electron chi connectivity index (χ1n) is 12.2. The van der Waals surface area contributed by atoms with Gasteiger partial charge in [0.05, 0.1) is 18.5 Å². The van der Waals surface area contributed by atoms with Gasteiger partial charge in [-0.15, -0.1) is 0 Å². The van der Waals surface area contributed by atoms with Crippen molar-refractivity contribution in [3.8, 4) is 11.3 Å². The number of nitrogens with one attached hydrogen (secondary N) is 1. The molecule has 1 aromatic carbocycles. The maximum absolute atomic E-state index is 13.2. The molecule has 1 saturated heterocycles. The lowest BCUT2D eigenvalue weighted by Crippen LogP contribution is -2.56. The van der Waals surface area contributed by atoms with Gasteiger partial charge in [-0.2, -0.15) is 0 Å². The fourth-order valence-corrected chi connectivity index (χ4v) is 4.64. The predicted molar refractivity (Wildman–Crippen MR) is 137 cm³/mol. The molecule has 200 valence electrons. The van der Waals surface area contributed by atoms with Gasteiger partial charge in [0.1, 0.15) is 11.7 Å². The molecule has 2 heterocycles. The highest BCUT2D eigenvalue weighted by Gasteiger charge is 2.34. The van der Waals surface area contributed by atoms with Gasteiger partial charge in [-0.3, -0.25) is 14.2 Å². The van der Waals surface area contributed by atoms with E-state index in [4.69, 9.17) is 4.74 Å². The van der Waals surface area contributed by atoms with Crippen LogP contribution in [-0.4, -0.2) is 87.5 Å². The molecule has 3 rings (SSSR count). The Morgan fingerprint density at radius 1 is 1.08 bits per heavy atom. The molecule has 1 aliphatic heterocycles. The minimum atomic E-state index is -4.65. The standard InChI is InChI=1S/C25H33N4O7P/c1-3-4-14-36-25(32)29-12-10-28(11-13-29)24(31)22(17-37(33,34)35)27-23(30)21-16-18(2)15-20(26-21)19-8-6-5-7-9-19/h5-9,15-16,22H,3-4,10-14,17H2,1-2H3,(H,27,30)(H2,33,34,35)/t22-/m0/s1. The minimum absolute atomic E-state index is 0.0296. The second-order valence-electron chi connectivity index (χ2n) is 8.93. The van der Waals surface area contributed by atoms with Crippen LogP contribution in [0.2, 0.25) is 0 Å². The molecule has 3 amide bonds. The molecule has 12 heteroatoms. The van der Waals surface area contributed by atoms with E-state index < -0.39 is 37.7 Å². The first kappa shape index (κ1) is 28.3. The number of rotatable bonds is 9. The Balaban J connectivity index is 1.70. The highest BCUT2D eigenvalue weighted by molar-refractivity contribution is 7.51. The number of carbonyl (C=O) groups is 3. The number of nitrogens with zero attached hydrogens (tertiary/aromatic N) is 3. The molecule has 1 atom stereocenters. The highest BCUT2D eigenvalue weighted by Crippen LogP contribution is 2.35. The van der Waals surface area contributed by atoms with E-state index in [-0.39, 0.29) is 31.9 Å². The Morgan fingerprint density at radius 3 is 2.35 bits per heavy atom. The molecule has 1 aliphatic rings. The second kappa shape index (κ2) is 12.8. The number of piperazine rings is 1. The van der Waals surface area contributed by atoms with E-state index in [0.717, 1.165) is 24.0 Å². The van der Waals surface area contributed by atoms with Gasteiger partial charge in [0.15, 0.2) is 0 Å². The Kier molecular flexibility index (Phi) is 9.79. The summed E-state index contributed by atoms with van der Waals surface area (Å²) < 4.78 is 17.0. The van der Waals surface area contributed by atoms with Crippen molar-refractivity contribution in [2.45, 2.75) is 32.7 Å². The Bertz CT molecular complexity index is 1150. The zero-order valence-corrected chi connectivity index (χ0v) is 21.9. The second-order valence-corrected chi connectivity index (χ2v) is 10.6. The normalized spacial score (nSPS) is 14.7. The van der Waals surface area contributed by atoms with Crippen molar-refractivity contribution in [1.29, 1.82) is 0 Å². The third-order valence-electron chi connectivity index (χ3n) is 5.87. The summed E-state index contributed by atoms with van der Waals surface area (Å²) in [7, 11) is -4.65. The number of carbonyl (C=O) groups excluding carboxylic acids is 3. The van der Waals surface area contributed by atoms with Crippen molar-refractivity contribution < 1.29 is 33.5 Å². The van der Waals surface area contributed by atoms with Crippen molar-refractivity contribution in [3.63, 3.8) is 0 Å². The van der Waals surface area contributed by atoms with Crippen LogP contribution in [0.25, 0.3) is 11.3 Å². The van der Waals surface area contributed by atoms with Gasteiger partial charge in [-0.1, -0.05) is 43.7 Å². The summed E-state index contributed by atoms with van der Waals surface area (Å²) >= 11 is 0. The summed E-state index contributed by atoms with van der Waals surface area (Å²) in [5.41, 5.74) is 2.15.